The Labute approximate surface area is 110 Å². The Morgan fingerprint density at radius 2 is 1.65 bits per heavy atom. The molecule has 2 radical (unpaired) electrons. The molecule has 0 spiro atoms. The summed E-state index contributed by atoms with van der Waals surface area (Å²) in [5.41, 5.74) is 1.45. The zero-order valence-electron chi connectivity index (χ0n) is 10.0. The summed E-state index contributed by atoms with van der Waals surface area (Å²) in [5.74, 6) is 0. The van der Waals surface area contributed by atoms with Gasteiger partial charge in [-0.15, -0.1) is 11.8 Å². The minimum absolute atomic E-state index is 0.922. The van der Waals surface area contributed by atoms with Gasteiger partial charge in [-0.25, -0.2) is 0 Å². The summed E-state index contributed by atoms with van der Waals surface area (Å²) in [6.45, 7) is 0. The van der Waals surface area contributed by atoms with Crippen molar-refractivity contribution in [2.24, 2.45) is 0 Å². The van der Waals surface area contributed by atoms with Crippen LogP contribution in [0.5, 0.6) is 0 Å². The van der Waals surface area contributed by atoms with Gasteiger partial charge in [0.25, 0.3) is 0 Å². The molecule has 17 heavy (non-hydrogen) atoms. The van der Waals surface area contributed by atoms with Gasteiger partial charge in [-0.05, 0) is 30.4 Å². The first-order valence-electron chi connectivity index (χ1n) is 5.80. The summed E-state index contributed by atoms with van der Waals surface area (Å²) in [7, 11) is 0.922. The van der Waals surface area contributed by atoms with Crippen LogP contribution in [0.4, 0.5) is 0 Å². The molecule has 2 heteroatoms. The normalized spacial score (nSPS) is 10.4. The van der Waals surface area contributed by atoms with Crippen LogP contribution < -0.4 is 5.19 Å². The molecule has 0 unspecified atom stereocenters. The molecule has 0 saturated carbocycles. The topological polar surface area (TPSA) is 0 Å². The lowest BCUT2D eigenvalue weighted by atomic mass is 10.2. The van der Waals surface area contributed by atoms with Crippen molar-refractivity contribution in [3.05, 3.63) is 60.2 Å². The molecule has 0 aliphatic rings. The Balaban J connectivity index is 1.82. The highest BCUT2D eigenvalue weighted by Crippen LogP contribution is 2.15. The van der Waals surface area contributed by atoms with Crippen molar-refractivity contribution >= 4 is 26.5 Å². The number of thioether (sulfide) groups is 1. The summed E-state index contributed by atoms with van der Waals surface area (Å²) in [4.78, 5) is 1.35. The smallest absolute Gasteiger partial charge is 0.0811 e. The van der Waals surface area contributed by atoms with Crippen LogP contribution in [0.3, 0.4) is 0 Å². The first-order chi connectivity index (χ1) is 8.38. The number of rotatable bonds is 5. The number of benzene rings is 2. The molecular weight excluding hydrogens is 240 g/mol. The van der Waals surface area contributed by atoms with E-state index in [1.54, 1.807) is 11.8 Å². The average Bonchev–Trinajstić information content (AvgIpc) is 2.41. The molecule has 0 N–H and O–H groups in total. The quantitative estimate of drug-likeness (QED) is 0.583. The standard InChI is InChI=1S/C15H16SSi/c1-16-14-9-7-13(8-10-14)11-12-17-15-5-3-2-4-6-15/h2-10H,11-12H2,1H3. The van der Waals surface area contributed by atoms with Gasteiger partial charge in [0.05, 0.1) is 9.52 Å². The summed E-state index contributed by atoms with van der Waals surface area (Å²) < 4.78 is 0. The van der Waals surface area contributed by atoms with Gasteiger partial charge in [0.15, 0.2) is 0 Å². The Hall–Kier alpha value is -0.993. The highest BCUT2D eigenvalue weighted by atomic mass is 32.2. The fourth-order valence-electron chi connectivity index (χ4n) is 1.70. The van der Waals surface area contributed by atoms with Crippen LogP contribution in [0.2, 0.25) is 6.04 Å². The molecule has 0 saturated heterocycles. The molecule has 86 valence electrons. The highest BCUT2D eigenvalue weighted by molar-refractivity contribution is 7.98. The summed E-state index contributed by atoms with van der Waals surface area (Å²) in [6.07, 6.45) is 3.30. The van der Waals surface area contributed by atoms with Crippen LogP contribution in [0, 0.1) is 0 Å². The molecule has 0 amide bonds. The van der Waals surface area contributed by atoms with Crippen LogP contribution in [0.1, 0.15) is 5.56 Å². The molecule has 0 atom stereocenters. The van der Waals surface area contributed by atoms with Gasteiger partial charge in [0.1, 0.15) is 0 Å². The van der Waals surface area contributed by atoms with Gasteiger partial charge in [0.2, 0.25) is 0 Å². The molecule has 0 heterocycles. The summed E-state index contributed by atoms with van der Waals surface area (Å²) in [5, 5.41) is 1.47. The molecule has 0 nitrogen and oxygen atoms in total. The second-order valence-corrected chi connectivity index (χ2v) is 6.20. The van der Waals surface area contributed by atoms with Crippen molar-refractivity contribution in [2.45, 2.75) is 17.4 Å². The van der Waals surface area contributed by atoms with Crippen molar-refractivity contribution in [1.82, 2.24) is 0 Å². The van der Waals surface area contributed by atoms with Gasteiger partial charge >= 0.3 is 0 Å². The lowest BCUT2D eigenvalue weighted by Crippen LogP contribution is -2.13. The monoisotopic (exact) mass is 256 g/mol. The predicted molar refractivity (Wildman–Crippen MR) is 78.6 cm³/mol. The Bertz CT molecular complexity index is 436. The number of hydrogen-bond donors (Lipinski definition) is 0. The zero-order chi connectivity index (χ0) is 11.9. The Morgan fingerprint density at radius 3 is 2.29 bits per heavy atom. The van der Waals surface area contributed by atoms with Crippen molar-refractivity contribution in [3.63, 3.8) is 0 Å². The molecule has 2 rings (SSSR count). The first kappa shape index (κ1) is 12.5. The fraction of sp³-hybridized carbons (Fsp3) is 0.200. The predicted octanol–water partition coefficient (Wildman–Crippen LogP) is 3.40. The van der Waals surface area contributed by atoms with E-state index in [9.17, 15) is 0 Å². The van der Waals surface area contributed by atoms with E-state index >= 15 is 0 Å². The largest absolute Gasteiger partial charge is 0.130 e. The Kier molecular flexibility index (Phi) is 4.89. The lowest BCUT2D eigenvalue weighted by Gasteiger charge is -2.02. The van der Waals surface area contributed by atoms with E-state index in [-0.39, 0.29) is 0 Å². The van der Waals surface area contributed by atoms with Crippen molar-refractivity contribution in [3.8, 4) is 0 Å². The maximum atomic E-state index is 2.25. The third kappa shape index (κ3) is 4.06. The van der Waals surface area contributed by atoms with Crippen molar-refractivity contribution in [1.29, 1.82) is 0 Å². The van der Waals surface area contributed by atoms with E-state index in [1.165, 1.54) is 28.1 Å². The van der Waals surface area contributed by atoms with Crippen LogP contribution in [0.15, 0.2) is 59.5 Å². The second-order valence-electron chi connectivity index (χ2n) is 3.89. The SMILES string of the molecule is CSc1ccc(CC[Si]c2ccccc2)cc1. The maximum absolute atomic E-state index is 2.25. The van der Waals surface area contributed by atoms with Gasteiger partial charge in [-0.2, -0.15) is 0 Å². The molecule has 0 aliphatic carbocycles. The highest BCUT2D eigenvalue weighted by Gasteiger charge is 1.97. The molecule has 0 bridgehead atoms. The summed E-state index contributed by atoms with van der Waals surface area (Å²) >= 11 is 1.80. The van der Waals surface area contributed by atoms with Gasteiger partial charge in [-0.3, -0.25) is 0 Å². The fourth-order valence-corrected chi connectivity index (χ4v) is 3.24. The van der Waals surface area contributed by atoms with Gasteiger partial charge in [0, 0.05) is 4.90 Å². The molecule has 2 aromatic carbocycles. The average molecular weight is 256 g/mol. The van der Waals surface area contributed by atoms with Crippen LogP contribution in [-0.2, 0) is 6.42 Å². The molecule has 0 aliphatic heterocycles. The minimum atomic E-state index is 0.922. The molecule has 0 fully saturated rings. The first-order valence-corrected chi connectivity index (χ1v) is 8.23. The second kappa shape index (κ2) is 6.67. The van der Waals surface area contributed by atoms with Crippen LogP contribution in [0.25, 0.3) is 0 Å². The van der Waals surface area contributed by atoms with E-state index < -0.39 is 0 Å². The third-order valence-electron chi connectivity index (χ3n) is 2.68. The Morgan fingerprint density at radius 1 is 0.941 bits per heavy atom. The van der Waals surface area contributed by atoms with Crippen LogP contribution in [-0.4, -0.2) is 15.8 Å². The third-order valence-corrected chi connectivity index (χ3v) is 4.66. The lowest BCUT2D eigenvalue weighted by molar-refractivity contribution is 1.12. The maximum Gasteiger partial charge on any atom is 0.0811 e. The van der Waals surface area contributed by atoms with E-state index in [2.05, 4.69) is 60.9 Å². The van der Waals surface area contributed by atoms with Gasteiger partial charge in [-0.1, -0.05) is 53.7 Å². The molecule has 0 aromatic heterocycles. The van der Waals surface area contributed by atoms with Gasteiger partial charge < -0.3 is 0 Å². The zero-order valence-corrected chi connectivity index (χ0v) is 11.8. The number of aryl methyl sites for hydroxylation is 1. The number of hydrogen-bond acceptors (Lipinski definition) is 1. The van der Waals surface area contributed by atoms with E-state index in [1.807, 2.05) is 0 Å². The molecule has 2 aromatic rings. The molecular formula is C15H16SSi. The minimum Gasteiger partial charge on any atom is -0.130 e. The van der Waals surface area contributed by atoms with Crippen molar-refractivity contribution in [2.75, 3.05) is 6.26 Å². The van der Waals surface area contributed by atoms with E-state index in [4.69, 9.17) is 0 Å². The van der Waals surface area contributed by atoms with Crippen LogP contribution >= 0.6 is 11.8 Å². The van der Waals surface area contributed by atoms with Crippen molar-refractivity contribution < 1.29 is 0 Å². The van der Waals surface area contributed by atoms with E-state index in [0.717, 1.165) is 9.52 Å². The van der Waals surface area contributed by atoms with E-state index in [0.29, 0.717) is 0 Å². The summed E-state index contributed by atoms with van der Waals surface area (Å²) in [6, 6.07) is 20.9.